The summed E-state index contributed by atoms with van der Waals surface area (Å²) in [7, 11) is -0.713. The van der Waals surface area contributed by atoms with Gasteiger partial charge in [-0.2, -0.15) is 0 Å². The third-order valence-corrected chi connectivity index (χ3v) is 4.79. The van der Waals surface area contributed by atoms with E-state index < -0.39 is 15.8 Å². The van der Waals surface area contributed by atoms with Crippen LogP contribution in [-0.2, 0) is 14.8 Å². The van der Waals surface area contributed by atoms with Crippen LogP contribution in [0.1, 0.15) is 5.56 Å². The Morgan fingerprint density at radius 1 is 1.20 bits per heavy atom. The van der Waals surface area contributed by atoms with Gasteiger partial charge in [0.05, 0.1) is 10.6 Å². The summed E-state index contributed by atoms with van der Waals surface area (Å²) < 4.78 is 46.0. The molecule has 0 atom stereocenters. The SMILES string of the molecule is Cc1cc(S(=O)(=O)Nc2ccccc2F)ccc1OCC(=O)N(C)C. The highest BCUT2D eigenvalue weighted by atomic mass is 32.2. The molecule has 1 N–H and O–H groups in total. The topological polar surface area (TPSA) is 75.7 Å². The molecular formula is C17H19FN2O4S. The first-order valence-electron chi connectivity index (χ1n) is 7.41. The fraction of sp³-hybridized carbons (Fsp3) is 0.235. The van der Waals surface area contributed by atoms with E-state index in [1.807, 2.05) is 0 Å². The predicted molar refractivity (Wildman–Crippen MR) is 92.6 cm³/mol. The number of amides is 1. The molecule has 2 rings (SSSR count). The lowest BCUT2D eigenvalue weighted by atomic mass is 10.2. The number of halogens is 1. The van der Waals surface area contributed by atoms with Crippen LogP contribution in [0.15, 0.2) is 47.4 Å². The minimum Gasteiger partial charge on any atom is -0.483 e. The lowest BCUT2D eigenvalue weighted by Gasteiger charge is -2.14. The number of nitrogens with zero attached hydrogens (tertiary/aromatic N) is 1. The number of carbonyl (C=O) groups excluding carboxylic acids is 1. The summed E-state index contributed by atoms with van der Waals surface area (Å²) in [6, 6.07) is 9.72. The Balaban J connectivity index is 2.18. The minimum atomic E-state index is -3.94. The fourth-order valence-electron chi connectivity index (χ4n) is 1.97. The molecule has 0 unspecified atom stereocenters. The number of para-hydroxylation sites is 1. The molecule has 0 fully saturated rings. The van der Waals surface area contributed by atoms with Crippen LogP contribution in [0.4, 0.5) is 10.1 Å². The van der Waals surface area contributed by atoms with Gasteiger partial charge in [-0.3, -0.25) is 9.52 Å². The molecule has 0 aromatic heterocycles. The van der Waals surface area contributed by atoms with Crippen LogP contribution in [0.5, 0.6) is 5.75 Å². The highest BCUT2D eigenvalue weighted by molar-refractivity contribution is 7.92. The molecule has 25 heavy (non-hydrogen) atoms. The van der Waals surface area contributed by atoms with Crippen molar-refractivity contribution in [3.63, 3.8) is 0 Å². The second-order valence-corrected chi connectivity index (χ2v) is 7.27. The number of carbonyl (C=O) groups is 1. The number of rotatable bonds is 6. The molecule has 0 saturated carbocycles. The Morgan fingerprint density at radius 2 is 1.88 bits per heavy atom. The minimum absolute atomic E-state index is 0.0282. The smallest absolute Gasteiger partial charge is 0.262 e. The molecule has 2 aromatic carbocycles. The summed E-state index contributed by atoms with van der Waals surface area (Å²) in [6.45, 7) is 1.52. The zero-order chi connectivity index (χ0) is 18.6. The average Bonchev–Trinajstić information content (AvgIpc) is 2.55. The molecule has 0 aliphatic carbocycles. The number of hydrogen-bond acceptors (Lipinski definition) is 4. The maximum Gasteiger partial charge on any atom is 0.262 e. The lowest BCUT2D eigenvalue weighted by Crippen LogP contribution is -2.27. The molecular weight excluding hydrogens is 347 g/mol. The number of ether oxygens (including phenoxy) is 1. The van der Waals surface area contributed by atoms with Crippen molar-refractivity contribution in [1.82, 2.24) is 4.90 Å². The molecule has 0 aliphatic rings. The van der Waals surface area contributed by atoms with Crippen molar-refractivity contribution in [2.75, 3.05) is 25.4 Å². The van der Waals surface area contributed by atoms with Crippen LogP contribution in [0, 0.1) is 12.7 Å². The Hall–Kier alpha value is -2.61. The van der Waals surface area contributed by atoms with Crippen molar-refractivity contribution >= 4 is 21.6 Å². The third kappa shape index (κ3) is 4.69. The Bertz CT molecular complexity index is 882. The first-order valence-corrected chi connectivity index (χ1v) is 8.90. The van der Waals surface area contributed by atoms with Crippen LogP contribution in [0.3, 0.4) is 0 Å². The van der Waals surface area contributed by atoms with E-state index in [2.05, 4.69) is 4.72 Å². The van der Waals surface area contributed by atoms with Crippen LogP contribution in [0.2, 0.25) is 0 Å². The van der Waals surface area contributed by atoms with Gasteiger partial charge in [-0.05, 0) is 42.8 Å². The van der Waals surface area contributed by atoms with Gasteiger partial charge in [-0.1, -0.05) is 12.1 Å². The monoisotopic (exact) mass is 366 g/mol. The van der Waals surface area contributed by atoms with E-state index in [4.69, 9.17) is 4.74 Å². The molecule has 1 amide bonds. The molecule has 0 bridgehead atoms. The predicted octanol–water partition coefficient (Wildman–Crippen LogP) is 2.40. The summed E-state index contributed by atoms with van der Waals surface area (Å²) in [5.41, 5.74) is 0.417. The van der Waals surface area contributed by atoms with Crippen LogP contribution in [0.25, 0.3) is 0 Å². The normalized spacial score (nSPS) is 11.0. The molecule has 0 radical (unpaired) electrons. The van der Waals surface area contributed by atoms with Crippen LogP contribution in [-0.4, -0.2) is 39.9 Å². The number of aryl methyl sites for hydroxylation is 1. The van der Waals surface area contributed by atoms with E-state index in [0.717, 1.165) is 0 Å². The van der Waals surface area contributed by atoms with Crippen molar-refractivity contribution in [3.05, 3.63) is 53.8 Å². The van der Waals surface area contributed by atoms with Gasteiger partial charge in [0.2, 0.25) is 0 Å². The first kappa shape index (κ1) is 18.7. The van der Waals surface area contributed by atoms with E-state index in [0.29, 0.717) is 11.3 Å². The molecule has 8 heteroatoms. The van der Waals surface area contributed by atoms with Gasteiger partial charge >= 0.3 is 0 Å². The number of sulfonamides is 1. The largest absolute Gasteiger partial charge is 0.483 e. The van der Waals surface area contributed by atoms with Crippen molar-refractivity contribution in [2.45, 2.75) is 11.8 Å². The van der Waals surface area contributed by atoms with Crippen molar-refractivity contribution in [1.29, 1.82) is 0 Å². The first-order chi connectivity index (χ1) is 11.7. The molecule has 0 aliphatic heterocycles. The average molecular weight is 366 g/mol. The van der Waals surface area contributed by atoms with Gasteiger partial charge in [-0.25, -0.2) is 12.8 Å². The van der Waals surface area contributed by atoms with Gasteiger partial charge in [0.1, 0.15) is 11.6 Å². The maximum atomic E-state index is 13.6. The van der Waals surface area contributed by atoms with Gasteiger partial charge in [0, 0.05) is 14.1 Å². The second-order valence-electron chi connectivity index (χ2n) is 5.59. The van der Waals surface area contributed by atoms with E-state index >= 15 is 0 Å². The van der Waals surface area contributed by atoms with E-state index in [-0.39, 0.29) is 23.1 Å². The lowest BCUT2D eigenvalue weighted by molar-refractivity contribution is -0.130. The Kier molecular flexibility index (Phi) is 5.63. The van der Waals surface area contributed by atoms with Crippen molar-refractivity contribution < 1.29 is 22.3 Å². The number of nitrogens with one attached hydrogen (secondary N) is 1. The quantitative estimate of drug-likeness (QED) is 0.852. The molecule has 0 heterocycles. The Labute approximate surface area is 146 Å². The molecule has 6 nitrogen and oxygen atoms in total. The van der Waals surface area contributed by atoms with Crippen molar-refractivity contribution in [2.24, 2.45) is 0 Å². The van der Waals surface area contributed by atoms with E-state index in [1.165, 1.54) is 47.4 Å². The summed E-state index contributed by atoms with van der Waals surface area (Å²) in [4.78, 5) is 12.9. The summed E-state index contributed by atoms with van der Waals surface area (Å²) in [6.07, 6.45) is 0. The highest BCUT2D eigenvalue weighted by Gasteiger charge is 2.17. The zero-order valence-corrected chi connectivity index (χ0v) is 14.9. The highest BCUT2D eigenvalue weighted by Crippen LogP contribution is 2.24. The van der Waals surface area contributed by atoms with Crippen LogP contribution < -0.4 is 9.46 Å². The van der Waals surface area contributed by atoms with E-state index in [1.54, 1.807) is 21.0 Å². The van der Waals surface area contributed by atoms with Gasteiger partial charge in [0.25, 0.3) is 15.9 Å². The number of likely N-dealkylation sites (N-methyl/N-ethyl adjacent to an activating group) is 1. The van der Waals surface area contributed by atoms with Gasteiger partial charge in [0.15, 0.2) is 6.61 Å². The summed E-state index contributed by atoms with van der Waals surface area (Å²) >= 11 is 0. The maximum absolute atomic E-state index is 13.6. The number of hydrogen-bond donors (Lipinski definition) is 1. The molecule has 2 aromatic rings. The summed E-state index contributed by atoms with van der Waals surface area (Å²) in [5.74, 6) is -0.470. The second kappa shape index (κ2) is 7.52. The van der Waals surface area contributed by atoms with Crippen LogP contribution >= 0.6 is 0 Å². The fourth-order valence-corrected chi connectivity index (χ4v) is 3.12. The van der Waals surface area contributed by atoms with Gasteiger partial charge < -0.3 is 9.64 Å². The molecule has 0 spiro atoms. The Morgan fingerprint density at radius 3 is 2.48 bits per heavy atom. The molecule has 0 saturated heterocycles. The van der Waals surface area contributed by atoms with Gasteiger partial charge in [-0.15, -0.1) is 0 Å². The number of benzene rings is 2. The standard InChI is InChI=1S/C17H19FN2O4S/c1-12-10-13(8-9-16(12)24-11-17(21)20(2)3)25(22,23)19-15-7-5-4-6-14(15)18/h4-10,19H,11H2,1-3H3. The third-order valence-electron chi connectivity index (χ3n) is 3.42. The van der Waals surface area contributed by atoms with E-state index in [9.17, 15) is 17.6 Å². The number of anilines is 1. The van der Waals surface area contributed by atoms with Crippen molar-refractivity contribution in [3.8, 4) is 5.75 Å². The molecule has 134 valence electrons. The summed E-state index contributed by atoms with van der Waals surface area (Å²) in [5, 5.41) is 0. The zero-order valence-electron chi connectivity index (χ0n) is 14.1.